The van der Waals surface area contributed by atoms with Gasteiger partial charge in [0.15, 0.2) is 0 Å². The number of likely N-dealkylation sites (tertiary alicyclic amines) is 1. The van der Waals surface area contributed by atoms with Gasteiger partial charge in [-0.3, -0.25) is 9.59 Å². The van der Waals surface area contributed by atoms with Crippen LogP contribution in [0.4, 0.5) is 0 Å². The maximum absolute atomic E-state index is 11.9. The van der Waals surface area contributed by atoms with Gasteiger partial charge in [0.1, 0.15) is 0 Å². The van der Waals surface area contributed by atoms with Gasteiger partial charge in [0.05, 0.1) is 11.5 Å². The summed E-state index contributed by atoms with van der Waals surface area (Å²) in [5.41, 5.74) is 10.5. The predicted octanol–water partition coefficient (Wildman–Crippen LogP) is -0.306. The molecule has 1 unspecified atom stereocenters. The number of carbonyl (C=O) groups excluding carboxylic acids is 2. The zero-order valence-corrected chi connectivity index (χ0v) is 10.2. The Hall–Kier alpha value is -1.10. The topological polar surface area (TPSA) is 89.4 Å². The Morgan fingerprint density at radius 1 is 1.38 bits per heavy atom. The third-order valence-corrected chi connectivity index (χ3v) is 3.38. The molecule has 1 aliphatic heterocycles. The van der Waals surface area contributed by atoms with Gasteiger partial charge in [-0.2, -0.15) is 0 Å². The van der Waals surface area contributed by atoms with Gasteiger partial charge in [0.25, 0.3) is 0 Å². The molecule has 0 radical (unpaired) electrons. The van der Waals surface area contributed by atoms with E-state index in [2.05, 4.69) is 0 Å². The summed E-state index contributed by atoms with van der Waals surface area (Å²) >= 11 is 0. The summed E-state index contributed by atoms with van der Waals surface area (Å²) < 4.78 is 0. The number of primary amides is 1. The van der Waals surface area contributed by atoms with Crippen LogP contribution in [-0.2, 0) is 9.59 Å². The van der Waals surface area contributed by atoms with Crippen molar-refractivity contribution in [3.05, 3.63) is 0 Å². The molecule has 2 atom stereocenters. The molecule has 92 valence electrons. The van der Waals surface area contributed by atoms with Crippen LogP contribution in [-0.4, -0.2) is 35.8 Å². The molecule has 1 fully saturated rings. The van der Waals surface area contributed by atoms with Crippen molar-refractivity contribution in [2.75, 3.05) is 13.1 Å². The summed E-state index contributed by atoms with van der Waals surface area (Å²) in [7, 11) is 0. The summed E-state index contributed by atoms with van der Waals surface area (Å²) in [6, 6.07) is -0.491. The number of amides is 2. The Morgan fingerprint density at radius 3 is 2.31 bits per heavy atom. The molecule has 1 saturated heterocycles. The summed E-state index contributed by atoms with van der Waals surface area (Å²) in [6.07, 6.45) is 0.624. The second-order valence-electron chi connectivity index (χ2n) is 5.20. The number of nitrogens with two attached hydrogens (primary N) is 2. The van der Waals surface area contributed by atoms with Crippen molar-refractivity contribution in [3.8, 4) is 0 Å². The Morgan fingerprint density at radius 2 is 1.94 bits per heavy atom. The van der Waals surface area contributed by atoms with Gasteiger partial charge in [-0.1, -0.05) is 13.8 Å². The number of hydrogen-bond donors (Lipinski definition) is 2. The van der Waals surface area contributed by atoms with Crippen LogP contribution < -0.4 is 11.5 Å². The molecule has 5 nitrogen and oxygen atoms in total. The minimum Gasteiger partial charge on any atom is -0.369 e. The molecule has 2 amide bonds. The molecule has 0 spiro atoms. The fourth-order valence-corrected chi connectivity index (χ4v) is 1.85. The van der Waals surface area contributed by atoms with Crippen LogP contribution >= 0.6 is 0 Å². The van der Waals surface area contributed by atoms with E-state index in [9.17, 15) is 9.59 Å². The van der Waals surface area contributed by atoms with Crippen molar-refractivity contribution in [2.24, 2.45) is 22.8 Å². The summed E-state index contributed by atoms with van der Waals surface area (Å²) in [5.74, 6) is -0.325. The first-order valence-corrected chi connectivity index (χ1v) is 5.62. The lowest BCUT2D eigenvalue weighted by Crippen LogP contribution is -2.47. The Kier molecular flexibility index (Phi) is 3.57. The molecule has 1 heterocycles. The van der Waals surface area contributed by atoms with Crippen molar-refractivity contribution in [1.29, 1.82) is 0 Å². The fraction of sp³-hybridized carbons (Fsp3) is 0.818. The lowest BCUT2D eigenvalue weighted by Gasteiger charge is -2.25. The smallest absolute Gasteiger partial charge is 0.239 e. The van der Waals surface area contributed by atoms with Crippen LogP contribution in [0.2, 0.25) is 0 Å². The van der Waals surface area contributed by atoms with Crippen LogP contribution in [0, 0.1) is 11.3 Å². The van der Waals surface area contributed by atoms with E-state index < -0.39 is 11.5 Å². The maximum Gasteiger partial charge on any atom is 0.239 e. The Labute approximate surface area is 96.1 Å². The molecule has 0 aliphatic carbocycles. The van der Waals surface area contributed by atoms with Crippen molar-refractivity contribution < 1.29 is 9.59 Å². The molecule has 0 aromatic heterocycles. The van der Waals surface area contributed by atoms with Gasteiger partial charge < -0.3 is 16.4 Å². The normalized spacial score (nSPS) is 27.2. The molecule has 5 heteroatoms. The number of rotatable bonds is 3. The lowest BCUT2D eigenvalue weighted by molar-refractivity contribution is -0.133. The monoisotopic (exact) mass is 227 g/mol. The highest BCUT2D eigenvalue weighted by molar-refractivity contribution is 5.85. The number of nitrogens with zero attached hydrogens (tertiary/aromatic N) is 1. The SMILES string of the molecule is CC(C)[C@H](N)C(=O)N1CCC(C)(C(N)=O)C1. The van der Waals surface area contributed by atoms with E-state index in [0.29, 0.717) is 19.5 Å². The second-order valence-corrected chi connectivity index (χ2v) is 5.20. The molecule has 0 saturated carbocycles. The van der Waals surface area contributed by atoms with E-state index in [1.165, 1.54) is 0 Å². The van der Waals surface area contributed by atoms with Gasteiger partial charge in [0.2, 0.25) is 11.8 Å². The van der Waals surface area contributed by atoms with Crippen molar-refractivity contribution in [1.82, 2.24) is 4.90 Å². The summed E-state index contributed by atoms with van der Waals surface area (Å²) in [5, 5.41) is 0. The van der Waals surface area contributed by atoms with Gasteiger partial charge in [0, 0.05) is 13.1 Å². The van der Waals surface area contributed by atoms with Gasteiger partial charge in [-0.15, -0.1) is 0 Å². The van der Waals surface area contributed by atoms with Crippen molar-refractivity contribution >= 4 is 11.8 Å². The van der Waals surface area contributed by atoms with E-state index in [0.717, 1.165) is 0 Å². The maximum atomic E-state index is 11.9. The minimum atomic E-state index is -0.591. The molecule has 1 rings (SSSR count). The highest BCUT2D eigenvalue weighted by atomic mass is 16.2. The van der Waals surface area contributed by atoms with Crippen LogP contribution in [0.1, 0.15) is 27.2 Å². The van der Waals surface area contributed by atoms with Gasteiger partial charge >= 0.3 is 0 Å². The standard InChI is InChI=1S/C11H21N3O2/c1-7(2)8(12)9(15)14-5-4-11(3,6-14)10(13)16/h7-8H,4-6,12H2,1-3H3,(H2,13,16)/t8-,11?/m0/s1. The molecule has 4 N–H and O–H groups in total. The van der Waals surface area contributed by atoms with Crippen LogP contribution in [0.5, 0.6) is 0 Å². The zero-order chi connectivity index (χ0) is 12.5. The number of carbonyl (C=O) groups is 2. The molecular formula is C11H21N3O2. The van der Waals surface area contributed by atoms with Crippen molar-refractivity contribution in [2.45, 2.75) is 33.2 Å². The minimum absolute atomic E-state index is 0.0834. The van der Waals surface area contributed by atoms with Crippen LogP contribution in [0.15, 0.2) is 0 Å². The van der Waals surface area contributed by atoms with E-state index in [1.807, 2.05) is 13.8 Å². The van der Waals surface area contributed by atoms with Crippen LogP contribution in [0.25, 0.3) is 0 Å². The second kappa shape index (κ2) is 4.41. The number of hydrogen-bond acceptors (Lipinski definition) is 3. The Bertz CT molecular complexity index is 304. The first-order valence-electron chi connectivity index (χ1n) is 5.62. The molecule has 1 aliphatic rings. The Balaban J connectivity index is 2.67. The zero-order valence-electron chi connectivity index (χ0n) is 10.2. The molecule has 0 aromatic carbocycles. The largest absolute Gasteiger partial charge is 0.369 e. The lowest BCUT2D eigenvalue weighted by atomic mass is 9.89. The first-order chi connectivity index (χ1) is 7.28. The average molecular weight is 227 g/mol. The predicted molar refractivity (Wildman–Crippen MR) is 61.3 cm³/mol. The van der Waals surface area contributed by atoms with Crippen molar-refractivity contribution in [3.63, 3.8) is 0 Å². The molecular weight excluding hydrogens is 206 g/mol. The summed E-state index contributed by atoms with van der Waals surface area (Å²) in [4.78, 5) is 24.8. The van der Waals surface area contributed by atoms with Gasteiger partial charge in [-0.25, -0.2) is 0 Å². The average Bonchev–Trinajstić information content (AvgIpc) is 2.60. The highest BCUT2D eigenvalue weighted by Gasteiger charge is 2.41. The third-order valence-electron chi connectivity index (χ3n) is 3.38. The molecule has 0 aromatic rings. The third kappa shape index (κ3) is 2.35. The highest BCUT2D eigenvalue weighted by Crippen LogP contribution is 2.29. The first kappa shape index (κ1) is 13.0. The molecule has 16 heavy (non-hydrogen) atoms. The van der Waals surface area contributed by atoms with Crippen LogP contribution in [0.3, 0.4) is 0 Å². The fourth-order valence-electron chi connectivity index (χ4n) is 1.85. The van der Waals surface area contributed by atoms with E-state index in [4.69, 9.17) is 11.5 Å². The van der Waals surface area contributed by atoms with E-state index in [-0.39, 0.29) is 17.7 Å². The quantitative estimate of drug-likeness (QED) is 0.693. The molecule has 0 bridgehead atoms. The van der Waals surface area contributed by atoms with Gasteiger partial charge in [-0.05, 0) is 19.3 Å². The van der Waals surface area contributed by atoms with E-state index in [1.54, 1.807) is 11.8 Å². The van der Waals surface area contributed by atoms with E-state index >= 15 is 0 Å². The summed E-state index contributed by atoms with van der Waals surface area (Å²) in [6.45, 7) is 6.57.